The maximum absolute atomic E-state index is 3.47. The van der Waals surface area contributed by atoms with Gasteiger partial charge in [-0.15, -0.1) is 0 Å². The first-order valence-corrected chi connectivity index (χ1v) is 4.84. The minimum atomic E-state index is 1.16. The number of benzene rings is 1. The molecular formula is C11H13Br. The SMILES string of the molecule is C/C=C/c1c(C)cc(Br)cc1C. The van der Waals surface area contributed by atoms with Crippen molar-refractivity contribution in [3.8, 4) is 0 Å². The smallest absolute Gasteiger partial charge is 0.0180 e. The van der Waals surface area contributed by atoms with Crippen LogP contribution in [0.1, 0.15) is 23.6 Å². The number of hydrogen-bond acceptors (Lipinski definition) is 0. The number of allylic oxidation sites excluding steroid dienone is 1. The van der Waals surface area contributed by atoms with E-state index in [1.54, 1.807) is 0 Å². The van der Waals surface area contributed by atoms with Crippen LogP contribution in [0.25, 0.3) is 6.08 Å². The Morgan fingerprint density at radius 1 is 1.17 bits per heavy atom. The number of halogens is 1. The van der Waals surface area contributed by atoms with Crippen LogP contribution in [0.3, 0.4) is 0 Å². The van der Waals surface area contributed by atoms with Crippen molar-refractivity contribution in [2.24, 2.45) is 0 Å². The van der Waals surface area contributed by atoms with Gasteiger partial charge in [-0.25, -0.2) is 0 Å². The highest BCUT2D eigenvalue weighted by Gasteiger charge is 1.99. The molecule has 0 aliphatic rings. The first-order valence-electron chi connectivity index (χ1n) is 4.04. The minimum Gasteiger partial charge on any atom is -0.0870 e. The Morgan fingerprint density at radius 3 is 2.08 bits per heavy atom. The van der Waals surface area contributed by atoms with E-state index in [2.05, 4.69) is 54.1 Å². The molecule has 1 heteroatoms. The van der Waals surface area contributed by atoms with Crippen LogP contribution in [-0.4, -0.2) is 0 Å². The van der Waals surface area contributed by atoms with Gasteiger partial charge >= 0.3 is 0 Å². The van der Waals surface area contributed by atoms with Crippen molar-refractivity contribution in [1.82, 2.24) is 0 Å². The quantitative estimate of drug-likeness (QED) is 0.674. The Morgan fingerprint density at radius 2 is 1.67 bits per heavy atom. The molecule has 0 spiro atoms. The van der Waals surface area contributed by atoms with Gasteiger partial charge in [0.25, 0.3) is 0 Å². The van der Waals surface area contributed by atoms with Crippen LogP contribution in [0.15, 0.2) is 22.7 Å². The monoisotopic (exact) mass is 224 g/mol. The third-order valence-electron chi connectivity index (χ3n) is 1.89. The molecule has 0 atom stereocenters. The summed E-state index contributed by atoms with van der Waals surface area (Å²) >= 11 is 3.47. The molecule has 0 nitrogen and oxygen atoms in total. The predicted octanol–water partition coefficient (Wildman–Crippen LogP) is 4.10. The molecule has 0 aliphatic heterocycles. The summed E-state index contributed by atoms with van der Waals surface area (Å²) in [6, 6.07) is 4.28. The topological polar surface area (TPSA) is 0 Å². The van der Waals surface area contributed by atoms with Gasteiger partial charge in [0, 0.05) is 4.47 Å². The zero-order valence-corrected chi connectivity index (χ0v) is 9.27. The van der Waals surface area contributed by atoms with Gasteiger partial charge in [0.05, 0.1) is 0 Å². The lowest BCUT2D eigenvalue weighted by Crippen LogP contribution is -1.85. The van der Waals surface area contributed by atoms with Gasteiger partial charge in [0.2, 0.25) is 0 Å². The van der Waals surface area contributed by atoms with Crippen molar-refractivity contribution in [3.05, 3.63) is 39.4 Å². The molecule has 0 aromatic heterocycles. The molecule has 0 amide bonds. The number of hydrogen-bond donors (Lipinski definition) is 0. The van der Waals surface area contributed by atoms with Crippen molar-refractivity contribution >= 4 is 22.0 Å². The van der Waals surface area contributed by atoms with Gasteiger partial charge in [-0.05, 0) is 49.6 Å². The summed E-state index contributed by atoms with van der Waals surface area (Å²) in [5.74, 6) is 0. The highest BCUT2D eigenvalue weighted by Crippen LogP contribution is 2.21. The molecule has 0 heterocycles. The third kappa shape index (κ3) is 1.98. The Kier molecular flexibility index (Phi) is 3.10. The largest absolute Gasteiger partial charge is 0.0870 e. The van der Waals surface area contributed by atoms with E-state index in [-0.39, 0.29) is 0 Å². The van der Waals surface area contributed by atoms with E-state index < -0.39 is 0 Å². The maximum Gasteiger partial charge on any atom is 0.0180 e. The van der Waals surface area contributed by atoms with Crippen molar-refractivity contribution in [2.45, 2.75) is 20.8 Å². The predicted molar refractivity (Wildman–Crippen MR) is 58.3 cm³/mol. The lowest BCUT2D eigenvalue weighted by Gasteiger charge is -2.05. The summed E-state index contributed by atoms with van der Waals surface area (Å²) < 4.78 is 1.16. The van der Waals surface area contributed by atoms with Gasteiger partial charge in [-0.1, -0.05) is 28.1 Å². The summed E-state index contributed by atoms with van der Waals surface area (Å²) in [6.07, 6.45) is 4.22. The first-order chi connectivity index (χ1) is 5.65. The first kappa shape index (κ1) is 9.53. The molecule has 0 N–H and O–H groups in total. The summed E-state index contributed by atoms with van der Waals surface area (Å²) in [4.78, 5) is 0. The van der Waals surface area contributed by atoms with Gasteiger partial charge < -0.3 is 0 Å². The van der Waals surface area contributed by atoms with Gasteiger partial charge in [-0.2, -0.15) is 0 Å². The minimum absolute atomic E-state index is 1.16. The molecule has 0 radical (unpaired) electrons. The van der Waals surface area contributed by atoms with Crippen molar-refractivity contribution in [3.63, 3.8) is 0 Å². The maximum atomic E-state index is 3.47. The van der Waals surface area contributed by atoms with E-state index in [9.17, 15) is 0 Å². The van der Waals surface area contributed by atoms with E-state index >= 15 is 0 Å². The van der Waals surface area contributed by atoms with Gasteiger partial charge in [0.15, 0.2) is 0 Å². The van der Waals surface area contributed by atoms with Gasteiger partial charge in [-0.3, -0.25) is 0 Å². The summed E-state index contributed by atoms with van der Waals surface area (Å²) in [7, 11) is 0. The summed E-state index contributed by atoms with van der Waals surface area (Å²) in [5, 5.41) is 0. The van der Waals surface area contributed by atoms with Gasteiger partial charge in [0.1, 0.15) is 0 Å². The third-order valence-corrected chi connectivity index (χ3v) is 2.35. The lowest BCUT2D eigenvalue weighted by atomic mass is 10.0. The van der Waals surface area contributed by atoms with Crippen LogP contribution in [0.5, 0.6) is 0 Å². The van der Waals surface area contributed by atoms with E-state index in [1.165, 1.54) is 16.7 Å². The summed E-state index contributed by atoms with van der Waals surface area (Å²) in [5.41, 5.74) is 3.97. The van der Waals surface area contributed by atoms with Crippen LogP contribution in [0.4, 0.5) is 0 Å². The molecule has 0 unspecified atom stereocenters. The molecule has 0 fully saturated rings. The Hall–Kier alpha value is -0.560. The van der Waals surface area contributed by atoms with Crippen LogP contribution < -0.4 is 0 Å². The van der Waals surface area contributed by atoms with E-state index in [0.717, 1.165) is 4.47 Å². The second-order valence-corrected chi connectivity index (χ2v) is 3.87. The molecular weight excluding hydrogens is 212 g/mol. The fraction of sp³-hybridized carbons (Fsp3) is 0.273. The second kappa shape index (κ2) is 3.90. The Labute approximate surface area is 82.4 Å². The fourth-order valence-corrected chi connectivity index (χ4v) is 2.04. The molecule has 1 aromatic carbocycles. The summed E-state index contributed by atoms with van der Waals surface area (Å²) in [6.45, 7) is 6.31. The van der Waals surface area contributed by atoms with Crippen LogP contribution >= 0.6 is 15.9 Å². The molecule has 0 bridgehead atoms. The molecule has 0 saturated carbocycles. The zero-order chi connectivity index (χ0) is 9.14. The highest BCUT2D eigenvalue weighted by atomic mass is 79.9. The van der Waals surface area contributed by atoms with Crippen molar-refractivity contribution in [2.75, 3.05) is 0 Å². The Balaban J connectivity index is 3.28. The average molecular weight is 225 g/mol. The standard InChI is InChI=1S/C11H13Br/c1-4-5-11-8(2)6-10(12)7-9(11)3/h4-7H,1-3H3/b5-4+. The average Bonchev–Trinajstić information content (AvgIpc) is 1.96. The molecule has 0 aliphatic carbocycles. The molecule has 12 heavy (non-hydrogen) atoms. The highest BCUT2D eigenvalue weighted by molar-refractivity contribution is 9.10. The normalized spacial score (nSPS) is 11.0. The van der Waals surface area contributed by atoms with E-state index in [0.29, 0.717) is 0 Å². The fourth-order valence-electron chi connectivity index (χ4n) is 1.35. The van der Waals surface area contributed by atoms with Crippen LogP contribution in [0.2, 0.25) is 0 Å². The zero-order valence-electron chi connectivity index (χ0n) is 7.69. The number of aryl methyl sites for hydroxylation is 2. The van der Waals surface area contributed by atoms with Crippen molar-refractivity contribution < 1.29 is 0 Å². The van der Waals surface area contributed by atoms with E-state index in [1.807, 2.05) is 6.92 Å². The molecule has 0 saturated heterocycles. The Bertz CT molecular complexity index is 288. The van der Waals surface area contributed by atoms with E-state index in [4.69, 9.17) is 0 Å². The number of rotatable bonds is 1. The van der Waals surface area contributed by atoms with Crippen LogP contribution in [0, 0.1) is 13.8 Å². The van der Waals surface area contributed by atoms with Crippen molar-refractivity contribution in [1.29, 1.82) is 0 Å². The lowest BCUT2D eigenvalue weighted by molar-refractivity contribution is 1.34. The van der Waals surface area contributed by atoms with Crippen LogP contribution in [-0.2, 0) is 0 Å². The molecule has 64 valence electrons. The molecule has 1 rings (SSSR count). The second-order valence-electron chi connectivity index (χ2n) is 2.95. The molecule has 1 aromatic rings.